The molecule has 0 aromatic heterocycles. The van der Waals surface area contributed by atoms with E-state index < -0.39 is 0 Å². The Morgan fingerprint density at radius 3 is 2.75 bits per heavy atom. The van der Waals surface area contributed by atoms with Crippen LogP contribution in [-0.4, -0.2) is 60.4 Å². The predicted octanol–water partition coefficient (Wildman–Crippen LogP) is -0.572. The van der Waals surface area contributed by atoms with Crippen LogP contribution in [0.25, 0.3) is 0 Å². The quantitative estimate of drug-likeness (QED) is 0.650. The molecule has 0 radical (unpaired) electrons. The summed E-state index contributed by atoms with van der Waals surface area (Å²) in [5.74, 6) is 0.0894. The van der Waals surface area contributed by atoms with Gasteiger partial charge in [-0.25, -0.2) is 0 Å². The van der Waals surface area contributed by atoms with Crippen molar-refractivity contribution in [3.8, 4) is 0 Å². The number of nitrogens with zero attached hydrogens (tertiary/aromatic N) is 2. The highest BCUT2D eigenvalue weighted by molar-refractivity contribution is 5.91. The molecular weight excluding hydrogens is 206 g/mol. The molecule has 2 atom stereocenters. The molecule has 0 spiro atoms. The fourth-order valence-corrected chi connectivity index (χ4v) is 2.47. The van der Waals surface area contributed by atoms with Crippen molar-refractivity contribution < 1.29 is 9.59 Å². The minimum absolute atomic E-state index is 0.000121. The topological polar surface area (TPSA) is 52.7 Å². The molecule has 0 aromatic carbocycles. The fourth-order valence-electron chi connectivity index (χ4n) is 2.47. The Morgan fingerprint density at radius 1 is 1.44 bits per heavy atom. The first-order valence-corrected chi connectivity index (χ1v) is 5.86. The Kier molecular flexibility index (Phi) is 3.14. The number of hydrogen-bond acceptors (Lipinski definition) is 3. The Morgan fingerprint density at radius 2 is 2.19 bits per heavy atom. The molecule has 0 aromatic rings. The van der Waals surface area contributed by atoms with Gasteiger partial charge in [-0.2, -0.15) is 0 Å². The normalized spacial score (nSPS) is 31.6. The summed E-state index contributed by atoms with van der Waals surface area (Å²) in [6.45, 7) is 4.65. The van der Waals surface area contributed by atoms with Crippen LogP contribution >= 0.6 is 0 Å². The third kappa shape index (κ3) is 2.19. The first-order chi connectivity index (χ1) is 7.58. The standard InChI is InChI=1S/C11H19N3O2/c1-8-7-13(2)5-6-14(8)11(16)9-3-4-10(15)12-9/h8-9H,3-7H2,1-2H3,(H,12,15)/t8?,9-/m1/s1. The first kappa shape index (κ1) is 11.4. The minimum Gasteiger partial charge on any atom is -0.344 e. The zero-order chi connectivity index (χ0) is 11.7. The molecule has 90 valence electrons. The lowest BCUT2D eigenvalue weighted by molar-refractivity contribution is -0.138. The summed E-state index contributed by atoms with van der Waals surface area (Å²) in [5.41, 5.74) is 0. The van der Waals surface area contributed by atoms with Crippen LogP contribution in [-0.2, 0) is 9.59 Å². The van der Waals surface area contributed by atoms with Crippen molar-refractivity contribution in [2.24, 2.45) is 0 Å². The lowest BCUT2D eigenvalue weighted by atomic mass is 10.1. The maximum Gasteiger partial charge on any atom is 0.245 e. The highest BCUT2D eigenvalue weighted by Crippen LogP contribution is 2.14. The van der Waals surface area contributed by atoms with E-state index in [1.54, 1.807) is 0 Å². The van der Waals surface area contributed by atoms with Crippen LogP contribution in [0.15, 0.2) is 0 Å². The van der Waals surface area contributed by atoms with Gasteiger partial charge >= 0.3 is 0 Å². The second-order valence-corrected chi connectivity index (χ2v) is 4.80. The van der Waals surface area contributed by atoms with Crippen LogP contribution in [0.5, 0.6) is 0 Å². The first-order valence-electron chi connectivity index (χ1n) is 5.86. The van der Waals surface area contributed by atoms with Crippen LogP contribution < -0.4 is 5.32 Å². The van der Waals surface area contributed by atoms with E-state index in [-0.39, 0.29) is 23.9 Å². The average molecular weight is 225 g/mol. The third-order valence-corrected chi connectivity index (χ3v) is 3.41. The molecule has 2 amide bonds. The van der Waals surface area contributed by atoms with E-state index in [1.807, 2.05) is 4.90 Å². The number of nitrogens with one attached hydrogen (secondary N) is 1. The highest BCUT2D eigenvalue weighted by atomic mass is 16.2. The van der Waals surface area contributed by atoms with Gasteiger partial charge in [0.25, 0.3) is 0 Å². The van der Waals surface area contributed by atoms with E-state index in [0.29, 0.717) is 12.8 Å². The van der Waals surface area contributed by atoms with Crippen LogP contribution in [0.4, 0.5) is 0 Å². The maximum atomic E-state index is 12.2. The number of rotatable bonds is 1. The van der Waals surface area contributed by atoms with E-state index >= 15 is 0 Å². The largest absolute Gasteiger partial charge is 0.344 e. The summed E-state index contributed by atoms with van der Waals surface area (Å²) in [6, 6.07) is -0.0397. The smallest absolute Gasteiger partial charge is 0.245 e. The predicted molar refractivity (Wildman–Crippen MR) is 59.8 cm³/mol. The van der Waals surface area contributed by atoms with Crippen LogP contribution in [0.1, 0.15) is 19.8 Å². The van der Waals surface area contributed by atoms with Crippen LogP contribution in [0.3, 0.4) is 0 Å². The van der Waals surface area contributed by atoms with Crippen molar-refractivity contribution in [2.45, 2.75) is 31.8 Å². The molecule has 0 saturated carbocycles. The van der Waals surface area contributed by atoms with Gasteiger partial charge in [-0.3, -0.25) is 9.59 Å². The highest BCUT2D eigenvalue weighted by Gasteiger charge is 2.34. The maximum absolute atomic E-state index is 12.2. The van der Waals surface area contributed by atoms with Crippen molar-refractivity contribution in [2.75, 3.05) is 26.7 Å². The van der Waals surface area contributed by atoms with Gasteiger partial charge in [0.2, 0.25) is 11.8 Å². The summed E-state index contributed by atoms with van der Waals surface area (Å²) in [5, 5.41) is 2.74. The molecule has 2 heterocycles. The number of carbonyl (C=O) groups excluding carboxylic acids is 2. The van der Waals surface area contributed by atoms with Crippen molar-refractivity contribution in [1.82, 2.24) is 15.1 Å². The lowest BCUT2D eigenvalue weighted by Crippen LogP contribution is -2.56. The van der Waals surface area contributed by atoms with Crippen molar-refractivity contribution in [1.29, 1.82) is 0 Å². The van der Waals surface area contributed by atoms with E-state index in [2.05, 4.69) is 24.2 Å². The van der Waals surface area contributed by atoms with Gasteiger partial charge in [-0.05, 0) is 20.4 Å². The monoisotopic (exact) mass is 225 g/mol. The molecule has 0 aliphatic carbocycles. The molecule has 2 saturated heterocycles. The minimum atomic E-state index is -0.279. The molecule has 2 fully saturated rings. The number of hydrogen-bond donors (Lipinski definition) is 1. The molecular formula is C11H19N3O2. The number of carbonyl (C=O) groups is 2. The van der Waals surface area contributed by atoms with Gasteiger partial charge in [0.05, 0.1) is 0 Å². The Labute approximate surface area is 95.8 Å². The molecule has 1 unspecified atom stereocenters. The van der Waals surface area contributed by atoms with Crippen LogP contribution in [0, 0.1) is 0 Å². The number of likely N-dealkylation sites (N-methyl/N-ethyl adjacent to an activating group) is 1. The second kappa shape index (κ2) is 4.41. The van der Waals surface area contributed by atoms with E-state index in [9.17, 15) is 9.59 Å². The van der Waals surface area contributed by atoms with Gasteiger partial charge in [-0.1, -0.05) is 0 Å². The Bertz CT molecular complexity index is 306. The lowest BCUT2D eigenvalue weighted by Gasteiger charge is -2.39. The summed E-state index contributed by atoms with van der Waals surface area (Å²) < 4.78 is 0. The Balaban J connectivity index is 1.96. The SMILES string of the molecule is CC1CN(C)CCN1C(=O)[C@H]1CCC(=O)N1. The Hall–Kier alpha value is -1.10. The molecule has 1 N–H and O–H groups in total. The average Bonchev–Trinajstić information content (AvgIpc) is 2.64. The molecule has 2 rings (SSSR count). The summed E-state index contributed by atoms with van der Waals surface area (Å²) in [7, 11) is 2.07. The molecule has 5 heteroatoms. The molecule has 0 bridgehead atoms. The van der Waals surface area contributed by atoms with Gasteiger partial charge in [-0.15, -0.1) is 0 Å². The van der Waals surface area contributed by atoms with Crippen molar-refractivity contribution in [3.63, 3.8) is 0 Å². The molecule has 2 aliphatic heterocycles. The zero-order valence-corrected chi connectivity index (χ0v) is 9.90. The van der Waals surface area contributed by atoms with Crippen molar-refractivity contribution >= 4 is 11.8 Å². The zero-order valence-electron chi connectivity index (χ0n) is 9.90. The summed E-state index contributed by atoms with van der Waals surface area (Å²) in [6.07, 6.45) is 1.13. The van der Waals surface area contributed by atoms with Crippen LogP contribution in [0.2, 0.25) is 0 Å². The van der Waals surface area contributed by atoms with Gasteiger partial charge in [0, 0.05) is 32.1 Å². The number of amides is 2. The third-order valence-electron chi connectivity index (χ3n) is 3.41. The summed E-state index contributed by atoms with van der Waals surface area (Å²) in [4.78, 5) is 27.4. The fraction of sp³-hybridized carbons (Fsp3) is 0.818. The molecule has 16 heavy (non-hydrogen) atoms. The van der Waals surface area contributed by atoms with Gasteiger partial charge in [0.1, 0.15) is 6.04 Å². The molecule has 2 aliphatic rings. The van der Waals surface area contributed by atoms with E-state index in [1.165, 1.54) is 0 Å². The number of piperazine rings is 1. The van der Waals surface area contributed by atoms with Gasteiger partial charge < -0.3 is 15.1 Å². The molecule has 5 nitrogen and oxygen atoms in total. The van der Waals surface area contributed by atoms with Crippen molar-refractivity contribution in [3.05, 3.63) is 0 Å². The van der Waals surface area contributed by atoms with Gasteiger partial charge in [0.15, 0.2) is 0 Å². The second-order valence-electron chi connectivity index (χ2n) is 4.80. The van der Waals surface area contributed by atoms with E-state index in [4.69, 9.17) is 0 Å². The van der Waals surface area contributed by atoms with E-state index in [0.717, 1.165) is 19.6 Å². The summed E-state index contributed by atoms with van der Waals surface area (Å²) >= 11 is 0.